The summed E-state index contributed by atoms with van der Waals surface area (Å²) < 4.78 is 4.70. The van der Waals surface area contributed by atoms with E-state index < -0.39 is 17.2 Å². The van der Waals surface area contributed by atoms with E-state index in [2.05, 4.69) is 0 Å². The Kier molecular flexibility index (Phi) is 4.17. The number of ketones is 1. The minimum atomic E-state index is -1.23. The van der Waals surface area contributed by atoms with Crippen LogP contribution in [-0.4, -0.2) is 23.5 Å². The Morgan fingerprint density at radius 2 is 2.00 bits per heavy atom. The van der Waals surface area contributed by atoms with E-state index in [1.807, 2.05) is 0 Å². The molecule has 0 radical (unpaired) electrons. The van der Waals surface area contributed by atoms with Gasteiger partial charge >= 0.3 is 5.97 Å². The average molecular weight is 186 g/mol. The van der Waals surface area contributed by atoms with Crippen molar-refractivity contribution >= 4 is 11.8 Å². The predicted octanol–water partition coefficient (Wildman–Crippen LogP) is 1.22. The largest absolute Gasteiger partial charge is 0.515 e. The molecule has 0 spiro atoms. The highest BCUT2D eigenvalue weighted by atomic mass is 16.5. The topological polar surface area (TPSA) is 63.6 Å². The molecule has 0 unspecified atom stereocenters. The summed E-state index contributed by atoms with van der Waals surface area (Å²) in [5.74, 6) is -1.06. The molecule has 0 aliphatic rings. The number of allylic oxidation sites excluding steroid dienone is 1. The molecule has 0 amide bonds. The third-order valence-electron chi connectivity index (χ3n) is 1.63. The van der Waals surface area contributed by atoms with Crippen molar-refractivity contribution in [3.63, 3.8) is 0 Å². The first-order valence-corrected chi connectivity index (χ1v) is 3.99. The zero-order valence-electron chi connectivity index (χ0n) is 8.03. The van der Waals surface area contributed by atoms with Crippen LogP contribution in [0.4, 0.5) is 0 Å². The molecule has 0 aromatic carbocycles. The van der Waals surface area contributed by atoms with E-state index in [1.165, 1.54) is 13.8 Å². The Hall–Kier alpha value is -1.32. The minimum Gasteiger partial charge on any atom is -0.515 e. The van der Waals surface area contributed by atoms with Crippen LogP contribution in [0.2, 0.25) is 0 Å². The first-order valence-electron chi connectivity index (χ1n) is 3.99. The van der Waals surface area contributed by atoms with E-state index in [4.69, 9.17) is 9.84 Å². The summed E-state index contributed by atoms with van der Waals surface area (Å²) in [4.78, 5) is 22.5. The molecule has 74 valence electrons. The summed E-state index contributed by atoms with van der Waals surface area (Å²) >= 11 is 0. The quantitative estimate of drug-likeness (QED) is 0.310. The third kappa shape index (κ3) is 2.89. The number of hydrogen-bond acceptors (Lipinski definition) is 4. The maximum atomic E-state index is 11.2. The highest BCUT2D eigenvalue weighted by Crippen LogP contribution is 2.19. The van der Waals surface area contributed by atoms with Gasteiger partial charge in [0, 0.05) is 6.08 Å². The van der Waals surface area contributed by atoms with Crippen LogP contribution in [0.1, 0.15) is 20.8 Å². The van der Waals surface area contributed by atoms with Crippen molar-refractivity contribution in [2.24, 2.45) is 5.41 Å². The summed E-state index contributed by atoms with van der Waals surface area (Å²) in [6, 6.07) is 0. The van der Waals surface area contributed by atoms with Crippen LogP contribution in [0.25, 0.3) is 0 Å². The zero-order chi connectivity index (χ0) is 10.5. The summed E-state index contributed by atoms with van der Waals surface area (Å²) in [5.41, 5.74) is -1.23. The van der Waals surface area contributed by atoms with Crippen molar-refractivity contribution in [1.29, 1.82) is 0 Å². The average Bonchev–Trinajstić information content (AvgIpc) is 2.05. The molecular formula is C9H14O4. The van der Waals surface area contributed by atoms with Crippen LogP contribution >= 0.6 is 0 Å². The molecule has 0 aliphatic carbocycles. The molecule has 0 aromatic heterocycles. The van der Waals surface area contributed by atoms with Crippen molar-refractivity contribution in [1.82, 2.24) is 0 Å². The number of hydrogen-bond donors (Lipinski definition) is 1. The Labute approximate surface area is 77.2 Å². The Morgan fingerprint density at radius 3 is 2.38 bits per heavy atom. The van der Waals surface area contributed by atoms with Gasteiger partial charge in [0.25, 0.3) is 0 Å². The van der Waals surface area contributed by atoms with Crippen molar-refractivity contribution < 1.29 is 19.4 Å². The number of ether oxygens (including phenoxy) is 1. The van der Waals surface area contributed by atoms with Gasteiger partial charge < -0.3 is 9.84 Å². The Bertz CT molecular complexity index is 228. The van der Waals surface area contributed by atoms with Gasteiger partial charge in [0.05, 0.1) is 12.9 Å². The van der Waals surface area contributed by atoms with Gasteiger partial charge in [-0.3, -0.25) is 9.59 Å². The van der Waals surface area contributed by atoms with Crippen LogP contribution < -0.4 is 0 Å². The van der Waals surface area contributed by atoms with E-state index in [0.717, 1.165) is 6.08 Å². The molecular weight excluding hydrogens is 172 g/mol. The Balaban J connectivity index is 4.54. The lowest BCUT2D eigenvalue weighted by atomic mass is 9.88. The van der Waals surface area contributed by atoms with E-state index in [1.54, 1.807) is 6.92 Å². The monoisotopic (exact) mass is 186 g/mol. The molecule has 0 atom stereocenters. The predicted molar refractivity (Wildman–Crippen MR) is 47.2 cm³/mol. The standard InChI is InChI=1S/C9H14O4/c1-4-13-8(12)9(2,3)7(11)5-6-10/h5-6,10H,4H2,1-3H3/b6-5-. The fourth-order valence-corrected chi connectivity index (χ4v) is 0.688. The van der Waals surface area contributed by atoms with Gasteiger partial charge in [-0.05, 0) is 20.8 Å². The van der Waals surface area contributed by atoms with Crippen molar-refractivity contribution in [3.8, 4) is 0 Å². The summed E-state index contributed by atoms with van der Waals surface area (Å²) in [7, 11) is 0. The fraction of sp³-hybridized carbons (Fsp3) is 0.556. The molecule has 0 aliphatic heterocycles. The summed E-state index contributed by atoms with van der Waals surface area (Å²) in [6.45, 7) is 4.80. The first-order chi connectivity index (χ1) is 5.96. The van der Waals surface area contributed by atoms with Gasteiger partial charge in [0.15, 0.2) is 5.78 Å². The van der Waals surface area contributed by atoms with E-state index >= 15 is 0 Å². The number of aliphatic hydroxyl groups excluding tert-OH is 1. The first kappa shape index (κ1) is 11.7. The second kappa shape index (κ2) is 4.64. The Morgan fingerprint density at radius 1 is 1.46 bits per heavy atom. The molecule has 0 rings (SSSR count). The van der Waals surface area contributed by atoms with E-state index in [-0.39, 0.29) is 6.61 Å². The van der Waals surface area contributed by atoms with E-state index in [9.17, 15) is 9.59 Å². The molecule has 1 N–H and O–H groups in total. The molecule has 13 heavy (non-hydrogen) atoms. The maximum Gasteiger partial charge on any atom is 0.319 e. The number of carbonyl (C=O) groups excluding carboxylic acids is 2. The van der Waals surface area contributed by atoms with Gasteiger partial charge in [0.1, 0.15) is 5.41 Å². The van der Waals surface area contributed by atoms with Crippen LogP contribution in [0.3, 0.4) is 0 Å². The van der Waals surface area contributed by atoms with Gasteiger partial charge in [-0.2, -0.15) is 0 Å². The molecule has 4 heteroatoms. The molecule has 0 saturated carbocycles. The molecule has 0 saturated heterocycles. The second-order valence-corrected chi connectivity index (χ2v) is 3.03. The van der Waals surface area contributed by atoms with Gasteiger partial charge in [-0.15, -0.1) is 0 Å². The van der Waals surface area contributed by atoms with Crippen LogP contribution in [-0.2, 0) is 14.3 Å². The second-order valence-electron chi connectivity index (χ2n) is 3.03. The lowest BCUT2D eigenvalue weighted by molar-refractivity contribution is -0.156. The molecule has 0 aromatic rings. The van der Waals surface area contributed by atoms with Gasteiger partial charge in [0.2, 0.25) is 0 Å². The van der Waals surface area contributed by atoms with Crippen molar-refractivity contribution in [2.45, 2.75) is 20.8 Å². The van der Waals surface area contributed by atoms with Crippen LogP contribution in [0.5, 0.6) is 0 Å². The van der Waals surface area contributed by atoms with Crippen molar-refractivity contribution in [3.05, 3.63) is 12.3 Å². The molecule has 0 heterocycles. The smallest absolute Gasteiger partial charge is 0.319 e. The normalized spacial score (nSPS) is 11.6. The molecule has 0 bridgehead atoms. The van der Waals surface area contributed by atoms with Crippen LogP contribution in [0, 0.1) is 5.41 Å². The highest BCUT2D eigenvalue weighted by molar-refractivity contribution is 6.08. The third-order valence-corrected chi connectivity index (χ3v) is 1.63. The van der Waals surface area contributed by atoms with Gasteiger partial charge in [-0.1, -0.05) is 0 Å². The lowest BCUT2D eigenvalue weighted by Gasteiger charge is -2.18. The maximum absolute atomic E-state index is 11.2. The zero-order valence-corrected chi connectivity index (χ0v) is 8.03. The molecule has 4 nitrogen and oxygen atoms in total. The lowest BCUT2D eigenvalue weighted by Crippen LogP contribution is -2.34. The fourth-order valence-electron chi connectivity index (χ4n) is 0.688. The SMILES string of the molecule is CCOC(=O)C(C)(C)C(=O)/C=C\O. The van der Waals surface area contributed by atoms with Crippen molar-refractivity contribution in [2.75, 3.05) is 6.61 Å². The van der Waals surface area contributed by atoms with E-state index in [0.29, 0.717) is 6.26 Å². The number of carbonyl (C=O) groups is 2. The summed E-state index contributed by atoms with van der Waals surface area (Å²) in [5, 5.41) is 8.36. The highest BCUT2D eigenvalue weighted by Gasteiger charge is 2.35. The number of rotatable bonds is 4. The summed E-state index contributed by atoms with van der Waals surface area (Å²) in [6.07, 6.45) is 1.56. The minimum absolute atomic E-state index is 0.235. The van der Waals surface area contributed by atoms with Gasteiger partial charge in [-0.25, -0.2) is 0 Å². The number of aliphatic hydroxyl groups is 1. The number of esters is 1. The molecule has 0 fully saturated rings. The van der Waals surface area contributed by atoms with Crippen LogP contribution in [0.15, 0.2) is 12.3 Å².